The van der Waals surface area contributed by atoms with E-state index >= 15 is 0 Å². The van der Waals surface area contributed by atoms with Crippen LogP contribution in [0.15, 0.2) is 46.7 Å². The Balaban J connectivity index is 2.58. The maximum atomic E-state index is 12.6. The summed E-state index contributed by atoms with van der Waals surface area (Å²) in [4.78, 5) is 12.4. The molecule has 2 N–H and O–H groups in total. The molecule has 2 amide bonds. The van der Waals surface area contributed by atoms with Gasteiger partial charge in [0.25, 0.3) is 10.0 Å². The summed E-state index contributed by atoms with van der Waals surface area (Å²) in [6.07, 6.45) is 0.577. The number of hydrogen-bond donors (Lipinski definition) is 1. The number of urea groups is 1. The molecule has 0 bridgehead atoms. The molecule has 0 aliphatic carbocycles. The summed E-state index contributed by atoms with van der Waals surface area (Å²) >= 11 is 1.34. The Morgan fingerprint density at radius 2 is 1.90 bits per heavy atom. The van der Waals surface area contributed by atoms with Gasteiger partial charge in [0, 0.05) is 4.88 Å². The van der Waals surface area contributed by atoms with Gasteiger partial charge in [-0.05, 0) is 30.0 Å². The molecule has 1 heterocycles. The zero-order chi connectivity index (χ0) is 14.8. The van der Waals surface area contributed by atoms with E-state index in [-0.39, 0.29) is 10.6 Å². The maximum Gasteiger partial charge on any atom is 0.333 e. The van der Waals surface area contributed by atoms with Gasteiger partial charge in [0.15, 0.2) is 0 Å². The number of thiophene rings is 1. The van der Waals surface area contributed by atoms with Crippen LogP contribution >= 0.6 is 11.3 Å². The van der Waals surface area contributed by atoms with Crippen LogP contribution in [0.2, 0.25) is 0 Å². The lowest BCUT2D eigenvalue weighted by atomic mass is 10.3. The average Bonchev–Trinajstić information content (AvgIpc) is 2.88. The molecular formula is C13H14N2O3S2. The van der Waals surface area contributed by atoms with Crippen molar-refractivity contribution < 1.29 is 13.2 Å². The van der Waals surface area contributed by atoms with Crippen molar-refractivity contribution in [2.24, 2.45) is 5.73 Å². The summed E-state index contributed by atoms with van der Waals surface area (Å²) in [6, 6.07) is 8.56. The highest BCUT2D eigenvalue weighted by Crippen LogP contribution is 2.28. The lowest BCUT2D eigenvalue weighted by molar-refractivity contribution is 0.257. The van der Waals surface area contributed by atoms with Crippen molar-refractivity contribution in [2.45, 2.75) is 18.2 Å². The van der Waals surface area contributed by atoms with E-state index in [0.717, 1.165) is 0 Å². The number of hydrogen-bond acceptors (Lipinski definition) is 4. The summed E-state index contributed by atoms with van der Waals surface area (Å²) in [5, 5.41) is 1.69. The van der Waals surface area contributed by atoms with Crippen molar-refractivity contribution in [2.75, 3.05) is 4.31 Å². The molecule has 5 nitrogen and oxygen atoms in total. The number of amides is 2. The van der Waals surface area contributed by atoms with E-state index in [1.165, 1.54) is 29.5 Å². The largest absolute Gasteiger partial charge is 0.350 e. The molecule has 1 aromatic heterocycles. The molecule has 0 fully saturated rings. The van der Waals surface area contributed by atoms with Crippen molar-refractivity contribution in [3.05, 3.63) is 46.7 Å². The molecule has 2 rings (SSSR count). The molecule has 7 heteroatoms. The predicted molar refractivity (Wildman–Crippen MR) is 79.4 cm³/mol. The minimum atomic E-state index is -3.98. The minimum absolute atomic E-state index is 0.132. The van der Waals surface area contributed by atoms with E-state index in [4.69, 9.17) is 5.73 Å². The third-order valence-corrected chi connectivity index (χ3v) is 5.74. The number of carbonyl (C=O) groups is 1. The fourth-order valence-electron chi connectivity index (χ4n) is 1.86. The Bertz CT molecular complexity index is 708. The van der Waals surface area contributed by atoms with Crippen molar-refractivity contribution in [3.63, 3.8) is 0 Å². The normalized spacial score (nSPS) is 11.2. The Morgan fingerprint density at radius 3 is 2.45 bits per heavy atom. The van der Waals surface area contributed by atoms with Crippen molar-refractivity contribution in [3.8, 4) is 0 Å². The quantitative estimate of drug-likeness (QED) is 0.942. The van der Waals surface area contributed by atoms with E-state index in [1.807, 2.05) is 6.92 Å². The van der Waals surface area contributed by atoms with Gasteiger partial charge in [0.1, 0.15) is 4.90 Å². The van der Waals surface area contributed by atoms with E-state index in [1.54, 1.807) is 23.6 Å². The summed E-state index contributed by atoms with van der Waals surface area (Å²) in [5.74, 6) is 0. The molecule has 0 spiro atoms. The van der Waals surface area contributed by atoms with Crippen LogP contribution in [-0.4, -0.2) is 14.4 Å². The third kappa shape index (κ3) is 2.54. The van der Waals surface area contributed by atoms with Crippen LogP contribution in [0.3, 0.4) is 0 Å². The van der Waals surface area contributed by atoms with Crippen molar-refractivity contribution >= 4 is 33.1 Å². The molecule has 0 radical (unpaired) electrons. The Kier molecular flexibility index (Phi) is 4.10. The number of nitrogens with two attached hydrogens (primary N) is 1. The minimum Gasteiger partial charge on any atom is -0.350 e. The fraction of sp³-hybridized carbons (Fsp3) is 0.154. The molecule has 106 valence electrons. The van der Waals surface area contributed by atoms with Gasteiger partial charge in [-0.3, -0.25) is 0 Å². The van der Waals surface area contributed by atoms with Crippen molar-refractivity contribution in [1.82, 2.24) is 0 Å². The summed E-state index contributed by atoms with van der Waals surface area (Å²) < 4.78 is 25.9. The van der Waals surface area contributed by atoms with Gasteiger partial charge < -0.3 is 5.73 Å². The van der Waals surface area contributed by atoms with Gasteiger partial charge in [-0.25, -0.2) is 13.2 Å². The topological polar surface area (TPSA) is 80.5 Å². The highest BCUT2D eigenvalue weighted by Gasteiger charge is 2.31. The number of benzene rings is 1. The van der Waals surface area contributed by atoms with Crippen LogP contribution in [0.5, 0.6) is 0 Å². The molecule has 0 unspecified atom stereocenters. The molecule has 0 atom stereocenters. The predicted octanol–water partition coefficient (Wildman–Crippen LogP) is 2.58. The molecule has 0 saturated heterocycles. The second-order valence-corrected chi connectivity index (χ2v) is 6.76. The maximum absolute atomic E-state index is 12.6. The van der Waals surface area contributed by atoms with E-state index in [2.05, 4.69) is 0 Å². The van der Waals surface area contributed by atoms with Crippen LogP contribution in [0, 0.1) is 0 Å². The standard InChI is InChI=1S/C13H14N2O3S2/c1-2-11-12(8-9-19-11)20(17,18)15(13(14)16)10-6-4-3-5-7-10/h3-9H,2H2,1H3,(H2,14,16). The number of para-hydroxylation sites is 1. The number of anilines is 1. The fourth-order valence-corrected chi connectivity index (χ4v) is 4.63. The van der Waals surface area contributed by atoms with Crippen LogP contribution in [0.4, 0.5) is 10.5 Å². The molecule has 0 aliphatic rings. The van der Waals surface area contributed by atoms with E-state index in [0.29, 0.717) is 15.6 Å². The second-order valence-electron chi connectivity index (χ2n) is 4.00. The van der Waals surface area contributed by atoms with Gasteiger partial charge in [-0.1, -0.05) is 25.1 Å². The van der Waals surface area contributed by atoms with Gasteiger partial charge in [0.05, 0.1) is 5.69 Å². The highest BCUT2D eigenvalue weighted by atomic mass is 32.2. The average molecular weight is 310 g/mol. The van der Waals surface area contributed by atoms with Crippen LogP contribution in [0.1, 0.15) is 11.8 Å². The second kappa shape index (κ2) is 5.64. The first kappa shape index (κ1) is 14.5. The van der Waals surface area contributed by atoms with Crippen LogP contribution < -0.4 is 10.0 Å². The van der Waals surface area contributed by atoms with Gasteiger partial charge in [-0.2, -0.15) is 4.31 Å². The third-order valence-electron chi connectivity index (χ3n) is 2.73. The van der Waals surface area contributed by atoms with Crippen LogP contribution in [-0.2, 0) is 16.4 Å². The number of sulfonamides is 1. The summed E-state index contributed by atoms with van der Waals surface area (Å²) in [7, 11) is -3.98. The number of carbonyl (C=O) groups excluding carboxylic acids is 1. The van der Waals surface area contributed by atoms with E-state index in [9.17, 15) is 13.2 Å². The van der Waals surface area contributed by atoms with Crippen LogP contribution in [0.25, 0.3) is 0 Å². The number of aryl methyl sites for hydroxylation is 1. The first-order valence-electron chi connectivity index (χ1n) is 5.94. The Hall–Kier alpha value is -1.86. The number of rotatable bonds is 4. The number of primary amides is 1. The monoisotopic (exact) mass is 310 g/mol. The molecule has 2 aromatic rings. The summed E-state index contributed by atoms with van der Waals surface area (Å²) in [5.41, 5.74) is 5.49. The highest BCUT2D eigenvalue weighted by molar-refractivity contribution is 7.93. The van der Waals surface area contributed by atoms with Gasteiger partial charge in [-0.15, -0.1) is 11.3 Å². The molecule has 20 heavy (non-hydrogen) atoms. The van der Waals surface area contributed by atoms with Gasteiger partial charge in [0.2, 0.25) is 0 Å². The van der Waals surface area contributed by atoms with E-state index < -0.39 is 16.1 Å². The zero-order valence-electron chi connectivity index (χ0n) is 10.8. The van der Waals surface area contributed by atoms with Crippen molar-refractivity contribution in [1.29, 1.82) is 0 Å². The molecular weight excluding hydrogens is 296 g/mol. The first-order valence-corrected chi connectivity index (χ1v) is 8.26. The smallest absolute Gasteiger partial charge is 0.333 e. The molecule has 0 aliphatic heterocycles. The lowest BCUT2D eigenvalue weighted by Gasteiger charge is -2.20. The number of nitrogens with zero attached hydrogens (tertiary/aromatic N) is 1. The lowest BCUT2D eigenvalue weighted by Crippen LogP contribution is -2.40. The van der Waals surface area contributed by atoms with Gasteiger partial charge >= 0.3 is 6.03 Å². The SMILES string of the molecule is CCc1sccc1S(=O)(=O)N(C(N)=O)c1ccccc1. The summed E-state index contributed by atoms with van der Waals surface area (Å²) in [6.45, 7) is 1.86. The zero-order valence-corrected chi connectivity index (χ0v) is 12.4. The Morgan fingerprint density at radius 1 is 1.25 bits per heavy atom. The first-order chi connectivity index (χ1) is 9.48. The Labute approximate surface area is 121 Å². The molecule has 0 saturated carbocycles. The molecule has 1 aromatic carbocycles.